The molecule has 2 aromatic rings. The van der Waals surface area contributed by atoms with E-state index in [-0.39, 0.29) is 11.8 Å². The summed E-state index contributed by atoms with van der Waals surface area (Å²) in [5, 5.41) is 0. The molecule has 21 heavy (non-hydrogen) atoms. The van der Waals surface area contributed by atoms with Crippen molar-refractivity contribution in [2.45, 2.75) is 19.1 Å². The first-order valence-electron chi connectivity index (χ1n) is 6.18. The van der Waals surface area contributed by atoms with Crippen molar-refractivity contribution < 1.29 is 17.9 Å². The Labute approximate surface area is 128 Å². The summed E-state index contributed by atoms with van der Waals surface area (Å²) in [5.41, 5.74) is 5.65. The molecule has 0 amide bonds. The number of rotatable bonds is 3. The SMILES string of the molecule is CC(N)c1cc(Br)ccc1Oc1ccccc1C(F)(F)F. The van der Waals surface area contributed by atoms with Crippen LogP contribution in [0.5, 0.6) is 11.5 Å². The third-order valence-corrected chi connectivity index (χ3v) is 3.37. The van der Waals surface area contributed by atoms with E-state index in [1.165, 1.54) is 18.2 Å². The van der Waals surface area contributed by atoms with E-state index < -0.39 is 11.7 Å². The Kier molecular flexibility index (Phi) is 4.58. The lowest BCUT2D eigenvalue weighted by Crippen LogP contribution is -2.09. The zero-order valence-corrected chi connectivity index (χ0v) is 12.7. The number of para-hydroxylation sites is 1. The first kappa shape index (κ1) is 15.9. The molecule has 0 saturated heterocycles. The Balaban J connectivity index is 2.44. The van der Waals surface area contributed by atoms with Gasteiger partial charge in [0.25, 0.3) is 0 Å². The number of hydrogen-bond acceptors (Lipinski definition) is 2. The van der Waals surface area contributed by atoms with Gasteiger partial charge in [-0.1, -0.05) is 28.1 Å². The number of halogens is 4. The van der Waals surface area contributed by atoms with Gasteiger partial charge in [-0.3, -0.25) is 0 Å². The first-order valence-corrected chi connectivity index (χ1v) is 6.97. The predicted octanol–water partition coefficient (Wildman–Crippen LogP) is 5.28. The molecular weight excluding hydrogens is 347 g/mol. The van der Waals surface area contributed by atoms with E-state index >= 15 is 0 Å². The molecule has 0 aromatic heterocycles. The van der Waals surface area contributed by atoms with Crippen LogP contribution in [-0.4, -0.2) is 0 Å². The third kappa shape index (κ3) is 3.77. The van der Waals surface area contributed by atoms with Crippen LogP contribution >= 0.6 is 15.9 Å². The topological polar surface area (TPSA) is 35.2 Å². The van der Waals surface area contributed by atoms with Crippen molar-refractivity contribution >= 4 is 15.9 Å². The second-order valence-corrected chi connectivity index (χ2v) is 5.48. The van der Waals surface area contributed by atoms with Gasteiger partial charge in [-0.15, -0.1) is 0 Å². The summed E-state index contributed by atoms with van der Waals surface area (Å²) in [7, 11) is 0. The molecule has 0 saturated carbocycles. The van der Waals surface area contributed by atoms with Gasteiger partial charge >= 0.3 is 6.18 Å². The first-order chi connectivity index (χ1) is 9.79. The zero-order chi connectivity index (χ0) is 15.6. The average molecular weight is 360 g/mol. The largest absolute Gasteiger partial charge is 0.456 e. The van der Waals surface area contributed by atoms with E-state index in [4.69, 9.17) is 10.5 Å². The summed E-state index contributed by atoms with van der Waals surface area (Å²) in [6, 6.07) is 9.74. The van der Waals surface area contributed by atoms with E-state index in [2.05, 4.69) is 15.9 Å². The summed E-state index contributed by atoms with van der Waals surface area (Å²) >= 11 is 3.31. The molecule has 0 spiro atoms. The van der Waals surface area contributed by atoms with Crippen molar-refractivity contribution in [2.75, 3.05) is 0 Å². The van der Waals surface area contributed by atoms with Gasteiger partial charge in [0, 0.05) is 16.1 Å². The highest BCUT2D eigenvalue weighted by atomic mass is 79.9. The smallest absolute Gasteiger partial charge is 0.419 e. The highest BCUT2D eigenvalue weighted by Gasteiger charge is 2.34. The lowest BCUT2D eigenvalue weighted by molar-refractivity contribution is -0.138. The number of hydrogen-bond donors (Lipinski definition) is 1. The lowest BCUT2D eigenvalue weighted by atomic mass is 10.1. The third-order valence-electron chi connectivity index (χ3n) is 2.87. The molecule has 6 heteroatoms. The van der Waals surface area contributed by atoms with Gasteiger partial charge in [-0.25, -0.2) is 0 Å². The maximum Gasteiger partial charge on any atom is 0.419 e. The lowest BCUT2D eigenvalue weighted by Gasteiger charge is -2.17. The molecule has 2 N–H and O–H groups in total. The van der Waals surface area contributed by atoms with Crippen LogP contribution in [0.2, 0.25) is 0 Å². The van der Waals surface area contributed by atoms with E-state index in [0.29, 0.717) is 11.3 Å². The highest BCUT2D eigenvalue weighted by molar-refractivity contribution is 9.10. The van der Waals surface area contributed by atoms with Crippen LogP contribution in [0.25, 0.3) is 0 Å². The van der Waals surface area contributed by atoms with Gasteiger partial charge in [-0.2, -0.15) is 13.2 Å². The van der Waals surface area contributed by atoms with Gasteiger partial charge in [0.05, 0.1) is 5.56 Å². The fourth-order valence-corrected chi connectivity index (χ4v) is 2.26. The molecule has 2 rings (SSSR count). The molecule has 0 bridgehead atoms. The van der Waals surface area contributed by atoms with Crippen molar-refractivity contribution in [2.24, 2.45) is 5.73 Å². The minimum Gasteiger partial charge on any atom is -0.456 e. The Morgan fingerprint density at radius 2 is 1.76 bits per heavy atom. The monoisotopic (exact) mass is 359 g/mol. The Morgan fingerprint density at radius 1 is 1.10 bits per heavy atom. The number of nitrogens with two attached hydrogens (primary N) is 1. The van der Waals surface area contributed by atoms with Crippen LogP contribution in [0.1, 0.15) is 24.1 Å². The second-order valence-electron chi connectivity index (χ2n) is 4.57. The fraction of sp³-hybridized carbons (Fsp3) is 0.200. The number of ether oxygens (including phenoxy) is 1. The molecule has 0 aliphatic rings. The molecule has 2 nitrogen and oxygen atoms in total. The summed E-state index contributed by atoms with van der Waals surface area (Å²) in [6.07, 6.45) is -4.47. The average Bonchev–Trinajstić information content (AvgIpc) is 2.40. The summed E-state index contributed by atoms with van der Waals surface area (Å²) in [5.74, 6) is 0.0686. The molecule has 2 aromatic carbocycles. The summed E-state index contributed by atoms with van der Waals surface area (Å²) < 4.78 is 45.1. The van der Waals surface area contributed by atoms with Crippen molar-refractivity contribution in [1.29, 1.82) is 0 Å². The van der Waals surface area contributed by atoms with Crippen LogP contribution in [0.15, 0.2) is 46.9 Å². The van der Waals surface area contributed by atoms with Crippen LogP contribution in [0, 0.1) is 0 Å². The minimum atomic E-state index is -4.47. The fourth-order valence-electron chi connectivity index (χ4n) is 1.88. The van der Waals surface area contributed by atoms with Gasteiger partial charge in [0.2, 0.25) is 0 Å². The van der Waals surface area contributed by atoms with Gasteiger partial charge in [0.15, 0.2) is 0 Å². The van der Waals surface area contributed by atoms with Crippen LogP contribution < -0.4 is 10.5 Å². The zero-order valence-electron chi connectivity index (χ0n) is 11.1. The summed E-state index contributed by atoms with van der Waals surface area (Å²) in [4.78, 5) is 0. The van der Waals surface area contributed by atoms with Crippen LogP contribution in [0.4, 0.5) is 13.2 Å². The van der Waals surface area contributed by atoms with Crippen LogP contribution in [-0.2, 0) is 6.18 Å². The molecular formula is C15H13BrF3NO. The van der Waals surface area contributed by atoms with Crippen LogP contribution in [0.3, 0.4) is 0 Å². The second kappa shape index (κ2) is 6.07. The Bertz CT molecular complexity index is 641. The number of benzene rings is 2. The minimum absolute atomic E-state index is 0.241. The molecule has 0 aliphatic heterocycles. The molecule has 1 unspecified atom stereocenters. The highest BCUT2D eigenvalue weighted by Crippen LogP contribution is 2.39. The van der Waals surface area contributed by atoms with Gasteiger partial charge < -0.3 is 10.5 Å². The van der Waals surface area contributed by atoms with E-state index in [9.17, 15) is 13.2 Å². The van der Waals surface area contributed by atoms with E-state index in [1.807, 2.05) is 0 Å². The molecule has 0 radical (unpaired) electrons. The maximum absolute atomic E-state index is 13.0. The van der Waals surface area contributed by atoms with Crippen molar-refractivity contribution in [3.63, 3.8) is 0 Å². The predicted molar refractivity (Wildman–Crippen MR) is 78.3 cm³/mol. The summed E-state index contributed by atoms with van der Waals surface area (Å²) in [6.45, 7) is 1.74. The molecule has 0 aliphatic carbocycles. The number of alkyl halides is 3. The molecule has 0 fully saturated rings. The van der Waals surface area contributed by atoms with Crippen molar-refractivity contribution in [3.8, 4) is 11.5 Å². The van der Waals surface area contributed by atoms with E-state index in [0.717, 1.165) is 10.5 Å². The Hall–Kier alpha value is -1.53. The van der Waals surface area contributed by atoms with Crippen molar-refractivity contribution in [1.82, 2.24) is 0 Å². The molecule has 112 valence electrons. The maximum atomic E-state index is 13.0. The quantitative estimate of drug-likeness (QED) is 0.808. The normalized spacial score (nSPS) is 13.0. The standard InChI is InChI=1S/C15H13BrF3NO/c1-9(20)11-8-10(16)6-7-13(11)21-14-5-3-2-4-12(14)15(17,18)19/h2-9H,20H2,1H3. The van der Waals surface area contributed by atoms with Crippen molar-refractivity contribution in [3.05, 3.63) is 58.1 Å². The van der Waals surface area contributed by atoms with Gasteiger partial charge in [0.1, 0.15) is 11.5 Å². The Morgan fingerprint density at radius 3 is 2.38 bits per heavy atom. The molecule has 0 heterocycles. The van der Waals surface area contributed by atoms with E-state index in [1.54, 1.807) is 25.1 Å². The van der Waals surface area contributed by atoms with Gasteiger partial charge in [-0.05, 0) is 37.3 Å². The molecule has 1 atom stereocenters.